The van der Waals surface area contributed by atoms with Crippen molar-refractivity contribution < 1.29 is 12.6 Å². The van der Waals surface area contributed by atoms with E-state index in [1.165, 1.54) is 6.20 Å². The van der Waals surface area contributed by atoms with Gasteiger partial charge in [0.05, 0.1) is 5.69 Å². The van der Waals surface area contributed by atoms with Gasteiger partial charge < -0.3 is 5.32 Å². The van der Waals surface area contributed by atoms with Crippen LogP contribution in [0.2, 0.25) is 0 Å². The van der Waals surface area contributed by atoms with E-state index in [0.717, 1.165) is 0 Å². The van der Waals surface area contributed by atoms with Crippen molar-refractivity contribution in [1.82, 2.24) is 9.71 Å². The lowest BCUT2D eigenvalue weighted by atomic mass is 10.4. The van der Waals surface area contributed by atoms with Gasteiger partial charge >= 0.3 is 0 Å². The summed E-state index contributed by atoms with van der Waals surface area (Å²) in [6.45, 7) is 4.32. The average molecular weight is 305 g/mol. The number of aromatic nitrogens is 1. The van der Waals surface area contributed by atoms with Gasteiger partial charge in [-0.15, -0.1) is 0 Å². The van der Waals surface area contributed by atoms with Gasteiger partial charge in [0.15, 0.2) is 5.03 Å². The van der Waals surface area contributed by atoms with Crippen LogP contribution in [0.5, 0.6) is 0 Å². The van der Waals surface area contributed by atoms with E-state index < -0.39 is 20.8 Å². The van der Waals surface area contributed by atoms with Crippen molar-refractivity contribution in [2.24, 2.45) is 0 Å². The van der Waals surface area contributed by atoms with Gasteiger partial charge in [-0.25, -0.2) is 18.1 Å². The van der Waals surface area contributed by atoms with Crippen LogP contribution in [0.25, 0.3) is 0 Å². The van der Waals surface area contributed by atoms with Gasteiger partial charge in [0.25, 0.3) is 10.0 Å². The number of nitrogens with one attached hydrogen (secondary N) is 2. The van der Waals surface area contributed by atoms with Crippen LogP contribution < -0.4 is 10.0 Å². The molecule has 1 rings (SSSR count). The maximum Gasteiger partial charge on any atom is 0.260 e. The van der Waals surface area contributed by atoms with E-state index in [1.54, 1.807) is 25.3 Å². The second-order valence-corrected chi connectivity index (χ2v) is 7.53. The maximum absolute atomic E-state index is 12.1. The van der Waals surface area contributed by atoms with Crippen LogP contribution in [0, 0.1) is 0 Å². The minimum atomic E-state index is -3.70. The highest BCUT2D eigenvalue weighted by atomic mass is 32.2. The Kier molecular flexibility index (Phi) is 5.89. The van der Waals surface area contributed by atoms with Gasteiger partial charge in [-0.3, -0.25) is 4.21 Å². The van der Waals surface area contributed by atoms with E-state index in [4.69, 9.17) is 0 Å². The van der Waals surface area contributed by atoms with E-state index in [-0.39, 0.29) is 16.8 Å². The molecule has 8 heteroatoms. The number of nitrogens with zero attached hydrogens (tertiary/aromatic N) is 1. The molecule has 0 saturated heterocycles. The summed E-state index contributed by atoms with van der Waals surface area (Å²) in [4.78, 5) is 3.90. The molecule has 0 amide bonds. The molecule has 0 bridgehead atoms. The number of pyridine rings is 1. The number of hydrogen-bond donors (Lipinski definition) is 2. The highest BCUT2D eigenvalue weighted by Gasteiger charge is 2.21. The molecule has 19 heavy (non-hydrogen) atoms. The summed E-state index contributed by atoms with van der Waals surface area (Å²) < 4.78 is 37.9. The number of sulfonamides is 1. The standard InChI is InChI=1S/C11H19N3O3S2/c1-4-12-10-6-5-7-13-11(10)19(16,17)14-8-9(2)18(3)15/h5-7,9,12,14H,4,8H2,1-3H3. The summed E-state index contributed by atoms with van der Waals surface area (Å²) in [6.07, 6.45) is 2.97. The van der Waals surface area contributed by atoms with E-state index in [9.17, 15) is 12.6 Å². The van der Waals surface area contributed by atoms with Crippen LogP contribution in [0.3, 0.4) is 0 Å². The Hall–Kier alpha value is -0.990. The number of anilines is 1. The first-order valence-electron chi connectivity index (χ1n) is 5.89. The van der Waals surface area contributed by atoms with Crippen molar-refractivity contribution in [2.45, 2.75) is 24.1 Å². The van der Waals surface area contributed by atoms with Crippen molar-refractivity contribution in [2.75, 3.05) is 24.7 Å². The third kappa shape index (κ3) is 4.55. The zero-order chi connectivity index (χ0) is 14.5. The predicted octanol–water partition coefficient (Wildman–Crippen LogP) is 0.559. The highest BCUT2D eigenvalue weighted by molar-refractivity contribution is 7.89. The van der Waals surface area contributed by atoms with E-state index >= 15 is 0 Å². The molecule has 0 aliphatic rings. The molecule has 0 aliphatic carbocycles. The lowest BCUT2D eigenvalue weighted by molar-refractivity contribution is 0.577. The molecule has 6 nitrogen and oxygen atoms in total. The second kappa shape index (κ2) is 6.97. The minimum absolute atomic E-state index is 0.0362. The zero-order valence-corrected chi connectivity index (χ0v) is 12.8. The smallest absolute Gasteiger partial charge is 0.260 e. The first kappa shape index (κ1) is 16.1. The molecular formula is C11H19N3O3S2. The molecule has 2 unspecified atom stereocenters. The molecule has 0 aliphatic heterocycles. The molecule has 0 aromatic carbocycles. The normalized spacial score (nSPS) is 14.9. The Bertz CT molecular complexity index is 546. The van der Waals surface area contributed by atoms with Crippen LogP contribution in [-0.2, 0) is 20.8 Å². The topological polar surface area (TPSA) is 88.2 Å². The molecule has 108 valence electrons. The fraction of sp³-hybridized carbons (Fsp3) is 0.545. The first-order chi connectivity index (χ1) is 8.88. The molecule has 2 N–H and O–H groups in total. The van der Waals surface area contributed by atoms with E-state index in [1.807, 2.05) is 6.92 Å². The molecule has 0 radical (unpaired) electrons. The lowest BCUT2D eigenvalue weighted by Gasteiger charge is -2.13. The largest absolute Gasteiger partial charge is 0.383 e. The third-order valence-corrected chi connectivity index (χ3v) is 5.20. The zero-order valence-electron chi connectivity index (χ0n) is 11.2. The van der Waals surface area contributed by atoms with Crippen LogP contribution in [0.4, 0.5) is 5.69 Å². The van der Waals surface area contributed by atoms with Crippen molar-refractivity contribution in [3.8, 4) is 0 Å². The average Bonchev–Trinajstić information content (AvgIpc) is 2.37. The van der Waals surface area contributed by atoms with Crippen LogP contribution >= 0.6 is 0 Å². The first-order valence-corrected chi connectivity index (χ1v) is 8.99. The minimum Gasteiger partial charge on any atom is -0.383 e. The molecule has 0 spiro atoms. The molecule has 0 saturated carbocycles. The highest BCUT2D eigenvalue weighted by Crippen LogP contribution is 2.17. The van der Waals surface area contributed by atoms with Gasteiger partial charge in [0.1, 0.15) is 0 Å². The molecule has 1 heterocycles. The van der Waals surface area contributed by atoms with Gasteiger partial charge in [-0.2, -0.15) is 0 Å². The Labute approximate surface area is 116 Å². The predicted molar refractivity (Wildman–Crippen MR) is 77.1 cm³/mol. The molecule has 1 aromatic heterocycles. The van der Waals surface area contributed by atoms with Crippen LogP contribution in [0.1, 0.15) is 13.8 Å². The summed E-state index contributed by atoms with van der Waals surface area (Å²) >= 11 is 0. The summed E-state index contributed by atoms with van der Waals surface area (Å²) in [5, 5.41) is 2.67. The summed E-state index contributed by atoms with van der Waals surface area (Å²) in [6, 6.07) is 3.33. The van der Waals surface area contributed by atoms with Crippen molar-refractivity contribution in [3.05, 3.63) is 18.3 Å². The van der Waals surface area contributed by atoms with Crippen LogP contribution in [-0.4, -0.2) is 42.2 Å². The molecular weight excluding hydrogens is 286 g/mol. The Morgan fingerprint density at radius 2 is 2.16 bits per heavy atom. The lowest BCUT2D eigenvalue weighted by Crippen LogP contribution is -2.33. The summed E-state index contributed by atoms with van der Waals surface area (Å²) in [7, 11) is -4.77. The molecule has 1 aromatic rings. The van der Waals surface area contributed by atoms with Crippen molar-refractivity contribution in [1.29, 1.82) is 0 Å². The quantitative estimate of drug-likeness (QED) is 0.768. The Balaban J connectivity index is 2.91. The fourth-order valence-corrected chi connectivity index (χ4v) is 3.00. The SMILES string of the molecule is CCNc1cccnc1S(=O)(=O)NCC(C)S(C)=O. The maximum atomic E-state index is 12.1. The van der Waals surface area contributed by atoms with E-state index in [2.05, 4.69) is 15.0 Å². The van der Waals surface area contributed by atoms with Gasteiger partial charge in [0, 0.05) is 41.6 Å². The van der Waals surface area contributed by atoms with Gasteiger partial charge in [0.2, 0.25) is 0 Å². The number of rotatable bonds is 7. The Morgan fingerprint density at radius 1 is 1.47 bits per heavy atom. The van der Waals surface area contributed by atoms with Crippen molar-refractivity contribution in [3.63, 3.8) is 0 Å². The summed E-state index contributed by atoms with van der Waals surface area (Å²) in [5.41, 5.74) is 0.461. The summed E-state index contributed by atoms with van der Waals surface area (Å²) in [5.74, 6) is 0. The Morgan fingerprint density at radius 3 is 2.74 bits per heavy atom. The van der Waals surface area contributed by atoms with Gasteiger partial charge in [-0.1, -0.05) is 0 Å². The van der Waals surface area contributed by atoms with E-state index in [0.29, 0.717) is 12.2 Å². The monoisotopic (exact) mass is 305 g/mol. The van der Waals surface area contributed by atoms with Gasteiger partial charge in [-0.05, 0) is 26.0 Å². The second-order valence-electron chi connectivity index (χ2n) is 4.05. The van der Waals surface area contributed by atoms with Crippen molar-refractivity contribution >= 4 is 26.5 Å². The number of hydrogen-bond acceptors (Lipinski definition) is 5. The fourth-order valence-electron chi connectivity index (χ4n) is 1.34. The molecule has 2 atom stereocenters. The molecule has 0 fully saturated rings. The van der Waals surface area contributed by atoms with Crippen LogP contribution in [0.15, 0.2) is 23.4 Å². The third-order valence-electron chi connectivity index (χ3n) is 2.52.